The Morgan fingerprint density at radius 3 is 2.31 bits per heavy atom. The molecule has 2 aromatic rings. The lowest BCUT2D eigenvalue weighted by Gasteiger charge is -2.26. The van der Waals surface area contributed by atoms with E-state index in [2.05, 4.69) is 17.1 Å². The fourth-order valence-corrected chi connectivity index (χ4v) is 4.63. The van der Waals surface area contributed by atoms with E-state index >= 15 is 0 Å². The molecule has 0 atom stereocenters. The normalized spacial score (nSPS) is 14.1. The molecule has 1 aromatic carbocycles. The zero-order valence-electron chi connectivity index (χ0n) is 17.6. The Morgan fingerprint density at radius 2 is 1.76 bits per heavy atom. The fourth-order valence-electron chi connectivity index (χ4n) is 3.71. The molecule has 158 valence electrons. The van der Waals surface area contributed by atoms with Gasteiger partial charge in [0.1, 0.15) is 5.01 Å². The number of aromatic nitrogens is 2. The Balaban J connectivity index is 1.94. The number of carbonyl (C=O) groups is 1. The van der Waals surface area contributed by atoms with E-state index in [1.807, 2.05) is 17.0 Å². The third kappa shape index (κ3) is 4.63. The van der Waals surface area contributed by atoms with Gasteiger partial charge in [-0.3, -0.25) is 9.69 Å². The summed E-state index contributed by atoms with van der Waals surface area (Å²) in [6, 6.07) is 3.93. The van der Waals surface area contributed by atoms with Gasteiger partial charge in [-0.05, 0) is 31.4 Å². The van der Waals surface area contributed by atoms with Crippen LogP contribution in [0.1, 0.15) is 51.9 Å². The summed E-state index contributed by atoms with van der Waals surface area (Å²) in [5.41, 5.74) is 0.815. The van der Waals surface area contributed by atoms with E-state index in [4.69, 9.17) is 14.2 Å². The minimum Gasteiger partial charge on any atom is -0.493 e. The van der Waals surface area contributed by atoms with Crippen molar-refractivity contribution >= 4 is 22.4 Å². The molecule has 7 nitrogen and oxygen atoms in total. The summed E-state index contributed by atoms with van der Waals surface area (Å²) in [6.45, 7) is 2.10. The Labute approximate surface area is 176 Å². The molecule has 0 saturated heterocycles. The van der Waals surface area contributed by atoms with Crippen molar-refractivity contribution < 1.29 is 19.0 Å². The number of carbonyl (C=O) groups excluding carboxylic acids is 1. The summed E-state index contributed by atoms with van der Waals surface area (Å²) in [4.78, 5) is 14.8. The summed E-state index contributed by atoms with van der Waals surface area (Å²) in [6.07, 6.45) is 6.79. The fraction of sp³-hybridized carbons (Fsp3) is 0.571. The highest BCUT2D eigenvalue weighted by Crippen LogP contribution is 2.43. The lowest BCUT2D eigenvalue weighted by molar-refractivity contribution is -0.119. The molecule has 1 heterocycles. The molecule has 0 spiro atoms. The number of amides is 1. The van der Waals surface area contributed by atoms with E-state index in [9.17, 15) is 4.79 Å². The van der Waals surface area contributed by atoms with E-state index < -0.39 is 0 Å². The summed E-state index contributed by atoms with van der Waals surface area (Å²) in [5.74, 6) is 1.80. The topological polar surface area (TPSA) is 73.8 Å². The SMILES string of the molecule is CCCCC(=O)N(c1nnc(-c2cc(OC)c(OC)c(OC)c2)s1)C1CCCC1. The number of rotatable bonds is 9. The molecule has 0 aliphatic heterocycles. The Hall–Kier alpha value is -2.35. The van der Waals surface area contributed by atoms with Gasteiger partial charge in [0.2, 0.25) is 16.8 Å². The maximum Gasteiger partial charge on any atom is 0.229 e. The lowest BCUT2D eigenvalue weighted by atomic mass is 10.2. The average molecular weight is 420 g/mol. The highest BCUT2D eigenvalue weighted by molar-refractivity contribution is 7.18. The number of hydrogen-bond acceptors (Lipinski definition) is 7. The second-order valence-corrected chi connectivity index (χ2v) is 8.07. The average Bonchev–Trinajstić information content (AvgIpc) is 3.44. The van der Waals surface area contributed by atoms with E-state index in [0.29, 0.717) is 33.8 Å². The summed E-state index contributed by atoms with van der Waals surface area (Å²) in [7, 11) is 4.74. The zero-order valence-corrected chi connectivity index (χ0v) is 18.4. The molecule has 0 radical (unpaired) electrons. The molecule has 8 heteroatoms. The van der Waals surface area contributed by atoms with Crippen LogP contribution in [0.5, 0.6) is 17.2 Å². The van der Waals surface area contributed by atoms with Gasteiger partial charge < -0.3 is 14.2 Å². The molecule has 3 rings (SSSR count). The molecular weight excluding hydrogens is 390 g/mol. The van der Waals surface area contributed by atoms with Crippen molar-refractivity contribution in [3.05, 3.63) is 12.1 Å². The van der Waals surface area contributed by atoms with Crippen LogP contribution in [0.15, 0.2) is 12.1 Å². The van der Waals surface area contributed by atoms with Crippen molar-refractivity contribution in [1.29, 1.82) is 0 Å². The first kappa shape index (κ1) is 21.4. The smallest absolute Gasteiger partial charge is 0.229 e. The Bertz CT molecular complexity index is 808. The van der Waals surface area contributed by atoms with E-state index in [0.717, 1.165) is 44.1 Å². The molecule has 1 aromatic heterocycles. The number of ether oxygens (including phenoxy) is 3. The number of nitrogens with zero attached hydrogens (tertiary/aromatic N) is 3. The van der Waals surface area contributed by atoms with Gasteiger partial charge in [0.15, 0.2) is 11.5 Å². The van der Waals surface area contributed by atoms with E-state index in [-0.39, 0.29) is 11.9 Å². The predicted octanol–water partition coefficient (Wildman–Crippen LogP) is 4.70. The molecule has 29 heavy (non-hydrogen) atoms. The monoisotopic (exact) mass is 419 g/mol. The van der Waals surface area contributed by atoms with Crippen LogP contribution in [0.25, 0.3) is 10.6 Å². The van der Waals surface area contributed by atoms with Crippen LogP contribution in [0.4, 0.5) is 5.13 Å². The highest BCUT2D eigenvalue weighted by atomic mass is 32.1. The second-order valence-electron chi connectivity index (χ2n) is 7.11. The molecule has 0 bridgehead atoms. The van der Waals surface area contributed by atoms with Gasteiger partial charge in [-0.25, -0.2) is 0 Å². The van der Waals surface area contributed by atoms with Gasteiger partial charge in [0.25, 0.3) is 0 Å². The molecular formula is C21H29N3O4S. The number of methoxy groups -OCH3 is 3. The molecule has 1 saturated carbocycles. The molecule has 1 fully saturated rings. The maximum absolute atomic E-state index is 12.9. The van der Waals surface area contributed by atoms with Crippen LogP contribution >= 0.6 is 11.3 Å². The van der Waals surface area contributed by atoms with Gasteiger partial charge in [0.05, 0.1) is 21.3 Å². The van der Waals surface area contributed by atoms with Crippen LogP contribution in [0.3, 0.4) is 0 Å². The van der Waals surface area contributed by atoms with Crippen LogP contribution < -0.4 is 19.1 Å². The van der Waals surface area contributed by atoms with Crippen molar-refractivity contribution in [3.63, 3.8) is 0 Å². The number of hydrogen-bond donors (Lipinski definition) is 0. The van der Waals surface area contributed by atoms with Gasteiger partial charge in [-0.1, -0.05) is 37.5 Å². The number of unbranched alkanes of at least 4 members (excludes halogenated alkanes) is 1. The zero-order chi connectivity index (χ0) is 20.8. The van der Waals surface area contributed by atoms with Gasteiger partial charge in [0, 0.05) is 18.0 Å². The lowest BCUT2D eigenvalue weighted by Crippen LogP contribution is -2.38. The minimum absolute atomic E-state index is 0.145. The summed E-state index contributed by atoms with van der Waals surface area (Å²) < 4.78 is 16.3. The van der Waals surface area contributed by atoms with Crippen molar-refractivity contribution in [2.75, 3.05) is 26.2 Å². The van der Waals surface area contributed by atoms with Crippen LogP contribution in [0.2, 0.25) is 0 Å². The first-order valence-corrected chi connectivity index (χ1v) is 10.9. The number of benzene rings is 1. The third-order valence-electron chi connectivity index (χ3n) is 5.23. The first-order chi connectivity index (χ1) is 14.1. The van der Waals surface area contributed by atoms with Gasteiger partial charge >= 0.3 is 0 Å². The van der Waals surface area contributed by atoms with E-state index in [1.54, 1.807) is 21.3 Å². The maximum atomic E-state index is 12.9. The van der Waals surface area contributed by atoms with E-state index in [1.165, 1.54) is 11.3 Å². The number of anilines is 1. The molecule has 0 unspecified atom stereocenters. The molecule has 1 amide bonds. The van der Waals surface area contributed by atoms with Crippen molar-refractivity contribution in [1.82, 2.24) is 10.2 Å². The highest BCUT2D eigenvalue weighted by Gasteiger charge is 2.30. The van der Waals surface area contributed by atoms with Crippen LogP contribution in [-0.4, -0.2) is 43.5 Å². The quantitative estimate of drug-likeness (QED) is 0.587. The molecule has 0 N–H and O–H groups in total. The Kier molecular flexibility index (Phi) is 7.30. The van der Waals surface area contributed by atoms with Gasteiger partial charge in [-0.2, -0.15) is 0 Å². The molecule has 1 aliphatic rings. The summed E-state index contributed by atoms with van der Waals surface area (Å²) in [5, 5.41) is 10.1. The minimum atomic E-state index is 0.145. The Morgan fingerprint density at radius 1 is 1.10 bits per heavy atom. The van der Waals surface area contributed by atoms with Crippen molar-refractivity contribution in [2.45, 2.75) is 57.9 Å². The third-order valence-corrected chi connectivity index (χ3v) is 6.21. The van der Waals surface area contributed by atoms with Crippen LogP contribution in [-0.2, 0) is 4.79 Å². The standard InChI is InChI=1S/C21H29N3O4S/c1-5-6-11-18(25)24(15-9-7-8-10-15)21-23-22-20(29-21)14-12-16(26-2)19(28-4)17(13-14)27-3/h12-13,15H,5-11H2,1-4H3. The largest absolute Gasteiger partial charge is 0.493 e. The second kappa shape index (κ2) is 9.91. The summed E-state index contributed by atoms with van der Waals surface area (Å²) >= 11 is 1.43. The van der Waals surface area contributed by atoms with Gasteiger partial charge in [-0.15, -0.1) is 10.2 Å². The van der Waals surface area contributed by atoms with Crippen molar-refractivity contribution in [2.24, 2.45) is 0 Å². The first-order valence-electron chi connectivity index (χ1n) is 10.1. The predicted molar refractivity (Wildman–Crippen MR) is 114 cm³/mol. The molecule has 1 aliphatic carbocycles. The van der Waals surface area contributed by atoms with Crippen LogP contribution in [0, 0.1) is 0 Å². The van der Waals surface area contributed by atoms with Crippen molar-refractivity contribution in [3.8, 4) is 27.8 Å².